The first-order chi connectivity index (χ1) is 11.3. The van der Waals surface area contributed by atoms with Crippen LogP contribution in [0.1, 0.15) is 13.8 Å². The van der Waals surface area contributed by atoms with Crippen LogP contribution in [-0.4, -0.2) is 27.5 Å². The maximum atomic E-state index is 12.5. The average Bonchev–Trinajstić information content (AvgIpc) is 3.08. The number of sulfonamides is 1. The lowest BCUT2D eigenvalue weighted by molar-refractivity contribution is -0.118. The van der Waals surface area contributed by atoms with Crippen molar-refractivity contribution in [2.45, 2.75) is 24.1 Å². The molecule has 1 aromatic carbocycles. The molecule has 24 heavy (non-hydrogen) atoms. The number of amides is 1. The summed E-state index contributed by atoms with van der Waals surface area (Å²) in [6.07, 6.45) is 0. The van der Waals surface area contributed by atoms with Crippen LogP contribution in [-0.2, 0) is 14.8 Å². The van der Waals surface area contributed by atoms with Crippen LogP contribution in [0, 0.1) is 5.92 Å². The molecule has 0 unspecified atom stereocenters. The molecule has 0 saturated heterocycles. The van der Waals surface area contributed by atoms with Gasteiger partial charge in [0.1, 0.15) is 16.0 Å². The Kier molecular flexibility index (Phi) is 5.98. The number of methoxy groups -OCH3 is 1. The molecule has 2 N–H and O–H groups in total. The Bertz CT molecular complexity index is 769. The molecule has 1 atom stereocenters. The highest BCUT2D eigenvalue weighted by molar-refractivity contribution is 7.91. The maximum Gasteiger partial charge on any atom is 0.250 e. The van der Waals surface area contributed by atoms with Crippen molar-refractivity contribution in [2.24, 2.45) is 5.92 Å². The van der Waals surface area contributed by atoms with E-state index < -0.39 is 22.0 Å². The van der Waals surface area contributed by atoms with Crippen LogP contribution in [0.5, 0.6) is 5.75 Å². The predicted octanol–water partition coefficient (Wildman–Crippen LogP) is 2.70. The third-order valence-corrected chi connectivity index (χ3v) is 6.19. The minimum atomic E-state index is -3.72. The highest BCUT2D eigenvalue weighted by atomic mass is 32.2. The highest BCUT2D eigenvalue weighted by Gasteiger charge is 2.28. The number of hydrogen-bond acceptors (Lipinski definition) is 5. The van der Waals surface area contributed by atoms with E-state index in [4.69, 9.17) is 4.74 Å². The first kappa shape index (κ1) is 18.4. The Labute approximate surface area is 145 Å². The molecule has 2 aromatic rings. The van der Waals surface area contributed by atoms with Gasteiger partial charge in [-0.1, -0.05) is 19.9 Å². The van der Waals surface area contributed by atoms with E-state index in [-0.39, 0.29) is 10.1 Å². The second-order valence-electron chi connectivity index (χ2n) is 5.49. The summed E-state index contributed by atoms with van der Waals surface area (Å²) in [5.74, 6) is 0.0556. The largest absolute Gasteiger partial charge is 0.497 e. The van der Waals surface area contributed by atoms with Crippen LogP contribution in [0.3, 0.4) is 0 Å². The van der Waals surface area contributed by atoms with Gasteiger partial charge in [0.05, 0.1) is 7.11 Å². The van der Waals surface area contributed by atoms with E-state index >= 15 is 0 Å². The molecular formula is C16H20N2O4S2. The zero-order valence-corrected chi connectivity index (χ0v) is 15.3. The Balaban J connectivity index is 2.13. The third-order valence-electron chi connectivity index (χ3n) is 3.35. The van der Waals surface area contributed by atoms with Gasteiger partial charge in [0.25, 0.3) is 10.0 Å². The number of ether oxygens (including phenoxy) is 1. The van der Waals surface area contributed by atoms with E-state index in [1.807, 2.05) is 0 Å². The van der Waals surface area contributed by atoms with Gasteiger partial charge in [0.15, 0.2) is 0 Å². The fraction of sp³-hybridized carbons (Fsp3) is 0.312. The first-order valence-corrected chi connectivity index (χ1v) is 9.70. The molecule has 6 nitrogen and oxygen atoms in total. The second-order valence-corrected chi connectivity index (χ2v) is 8.38. The molecule has 0 aliphatic carbocycles. The van der Waals surface area contributed by atoms with Gasteiger partial charge in [-0.25, -0.2) is 8.42 Å². The fourth-order valence-corrected chi connectivity index (χ4v) is 4.38. The summed E-state index contributed by atoms with van der Waals surface area (Å²) in [7, 11) is -2.16. The number of carbonyl (C=O) groups excluding carboxylic acids is 1. The maximum absolute atomic E-state index is 12.5. The van der Waals surface area contributed by atoms with Gasteiger partial charge in [0.2, 0.25) is 5.91 Å². The monoisotopic (exact) mass is 368 g/mol. The number of anilines is 1. The summed E-state index contributed by atoms with van der Waals surface area (Å²) in [5.41, 5.74) is 0.571. The summed E-state index contributed by atoms with van der Waals surface area (Å²) in [5, 5.41) is 4.40. The minimum Gasteiger partial charge on any atom is -0.497 e. The summed E-state index contributed by atoms with van der Waals surface area (Å²) in [6, 6.07) is 9.11. The van der Waals surface area contributed by atoms with E-state index in [2.05, 4.69) is 10.0 Å². The van der Waals surface area contributed by atoms with Gasteiger partial charge in [-0.3, -0.25) is 4.79 Å². The molecule has 1 aromatic heterocycles. The van der Waals surface area contributed by atoms with Crippen molar-refractivity contribution < 1.29 is 17.9 Å². The van der Waals surface area contributed by atoms with Gasteiger partial charge < -0.3 is 10.1 Å². The molecule has 8 heteroatoms. The molecule has 1 amide bonds. The summed E-state index contributed by atoms with van der Waals surface area (Å²) in [6.45, 7) is 3.57. The average molecular weight is 368 g/mol. The molecule has 0 saturated carbocycles. The van der Waals surface area contributed by atoms with Crippen LogP contribution in [0.4, 0.5) is 5.69 Å². The molecule has 0 spiro atoms. The van der Waals surface area contributed by atoms with Gasteiger partial charge in [0, 0.05) is 5.69 Å². The number of carbonyl (C=O) groups is 1. The van der Waals surface area contributed by atoms with Crippen molar-refractivity contribution in [1.29, 1.82) is 0 Å². The molecule has 0 aliphatic rings. The molecule has 1 heterocycles. The van der Waals surface area contributed by atoms with Gasteiger partial charge in [-0.2, -0.15) is 4.72 Å². The lowest BCUT2D eigenvalue weighted by atomic mass is 10.0. The second kappa shape index (κ2) is 7.78. The van der Waals surface area contributed by atoms with Crippen molar-refractivity contribution >= 4 is 33.0 Å². The lowest BCUT2D eigenvalue weighted by Gasteiger charge is -2.21. The smallest absolute Gasteiger partial charge is 0.250 e. The van der Waals surface area contributed by atoms with E-state index in [0.29, 0.717) is 11.4 Å². The normalized spacial score (nSPS) is 12.8. The third kappa shape index (κ3) is 4.56. The summed E-state index contributed by atoms with van der Waals surface area (Å²) >= 11 is 1.11. The van der Waals surface area contributed by atoms with Gasteiger partial charge in [-0.05, 0) is 41.6 Å². The van der Waals surface area contributed by atoms with E-state index in [0.717, 1.165) is 11.3 Å². The summed E-state index contributed by atoms with van der Waals surface area (Å²) < 4.78 is 32.4. The highest BCUT2D eigenvalue weighted by Crippen LogP contribution is 2.19. The lowest BCUT2D eigenvalue weighted by Crippen LogP contribution is -2.46. The standard InChI is InChI=1S/C16H20N2O4S2/c1-11(2)15(18-24(20,21)14-5-4-10-23-14)16(19)17-12-6-8-13(22-3)9-7-12/h4-11,15,18H,1-3H3,(H,17,19)/t15-/m1/s1. The molecule has 0 fully saturated rings. The minimum absolute atomic E-state index is 0.186. The van der Waals surface area contributed by atoms with E-state index in [1.165, 1.54) is 6.07 Å². The Morgan fingerprint density at radius 2 is 1.83 bits per heavy atom. The zero-order valence-electron chi connectivity index (χ0n) is 13.6. The van der Waals surface area contributed by atoms with Gasteiger partial charge in [-0.15, -0.1) is 11.3 Å². The topological polar surface area (TPSA) is 84.5 Å². The van der Waals surface area contributed by atoms with Crippen LogP contribution < -0.4 is 14.8 Å². The predicted molar refractivity (Wildman–Crippen MR) is 94.9 cm³/mol. The van der Waals surface area contributed by atoms with Crippen LogP contribution in [0.15, 0.2) is 46.0 Å². The molecule has 130 valence electrons. The quantitative estimate of drug-likeness (QED) is 0.787. The number of hydrogen-bond donors (Lipinski definition) is 2. The van der Waals surface area contributed by atoms with Crippen molar-refractivity contribution in [2.75, 3.05) is 12.4 Å². The molecule has 0 radical (unpaired) electrons. The van der Waals surface area contributed by atoms with Crippen molar-refractivity contribution in [3.63, 3.8) is 0 Å². The number of rotatable bonds is 7. The van der Waals surface area contributed by atoms with Crippen molar-refractivity contribution in [3.8, 4) is 5.75 Å². The van der Waals surface area contributed by atoms with E-state index in [1.54, 1.807) is 56.7 Å². The molecular weight excluding hydrogens is 348 g/mol. The Morgan fingerprint density at radius 1 is 1.17 bits per heavy atom. The van der Waals surface area contributed by atoms with Crippen LogP contribution in [0.25, 0.3) is 0 Å². The fourth-order valence-electron chi connectivity index (χ4n) is 2.03. The molecule has 0 bridgehead atoms. The summed E-state index contributed by atoms with van der Waals surface area (Å²) in [4.78, 5) is 12.5. The molecule has 2 rings (SSSR count). The van der Waals surface area contributed by atoms with Crippen LogP contribution >= 0.6 is 11.3 Å². The van der Waals surface area contributed by atoms with Crippen molar-refractivity contribution in [3.05, 3.63) is 41.8 Å². The first-order valence-electron chi connectivity index (χ1n) is 7.34. The van der Waals surface area contributed by atoms with E-state index in [9.17, 15) is 13.2 Å². The van der Waals surface area contributed by atoms with Gasteiger partial charge >= 0.3 is 0 Å². The number of nitrogens with one attached hydrogen (secondary N) is 2. The molecule has 0 aliphatic heterocycles. The number of benzene rings is 1. The van der Waals surface area contributed by atoms with Crippen molar-refractivity contribution in [1.82, 2.24) is 4.72 Å². The van der Waals surface area contributed by atoms with Crippen LogP contribution in [0.2, 0.25) is 0 Å². The number of thiophene rings is 1. The Hall–Kier alpha value is -1.90. The SMILES string of the molecule is COc1ccc(NC(=O)[C@H](NS(=O)(=O)c2cccs2)C(C)C)cc1. The zero-order chi connectivity index (χ0) is 17.7. The Morgan fingerprint density at radius 3 is 2.33 bits per heavy atom.